The van der Waals surface area contributed by atoms with E-state index in [-0.39, 0.29) is 25.9 Å². The summed E-state index contributed by atoms with van der Waals surface area (Å²) in [6.45, 7) is 5.99. The molecule has 1 aliphatic rings. The molecule has 214 valence electrons. The number of carboxylic acid groups (broad SMARTS) is 2. The minimum atomic E-state index is -2.60. The van der Waals surface area contributed by atoms with E-state index in [9.17, 15) is 29.4 Å². The molecule has 2 unspecified atom stereocenters. The van der Waals surface area contributed by atoms with Gasteiger partial charge in [-0.05, 0) is 45.4 Å². The highest BCUT2D eigenvalue weighted by atomic mass is 16.6. The van der Waals surface area contributed by atoms with Crippen LogP contribution in [0.1, 0.15) is 136 Å². The average Bonchev–Trinajstić information content (AvgIpc) is 3.28. The maximum Gasteiger partial charge on any atom is 0.325 e. The molecule has 0 aromatic heterocycles. The van der Waals surface area contributed by atoms with Gasteiger partial charge >= 0.3 is 23.9 Å². The van der Waals surface area contributed by atoms with Crippen LogP contribution in [-0.2, 0) is 28.7 Å². The fraction of sp³-hybridized carbons (Fsp3) is 0.862. The van der Waals surface area contributed by atoms with Gasteiger partial charge in [-0.15, -0.1) is 0 Å². The van der Waals surface area contributed by atoms with Gasteiger partial charge in [-0.3, -0.25) is 19.2 Å². The van der Waals surface area contributed by atoms with Crippen molar-refractivity contribution in [1.29, 1.82) is 0 Å². The number of esters is 2. The molecule has 0 amide bonds. The van der Waals surface area contributed by atoms with Crippen molar-refractivity contribution in [2.24, 2.45) is 10.8 Å². The molecule has 0 heterocycles. The lowest BCUT2D eigenvalue weighted by Gasteiger charge is -2.36. The molecule has 2 atom stereocenters. The third-order valence-electron chi connectivity index (χ3n) is 7.76. The van der Waals surface area contributed by atoms with Crippen molar-refractivity contribution in [2.75, 3.05) is 6.61 Å². The average molecular weight is 527 g/mol. The van der Waals surface area contributed by atoms with Gasteiger partial charge in [-0.25, -0.2) is 0 Å². The van der Waals surface area contributed by atoms with Crippen LogP contribution < -0.4 is 0 Å². The molecule has 1 aliphatic carbocycles. The standard InChI is InChI=1S/C29H50O8/c1-4-6-8-10-11-12-13-14-15-17-22-36-26(34)29(21-18-20-28(29,24(30)31)25(32)33)27(35)37-23(3)19-16-9-7-5-2/h23H,4-22H2,1-3H3,(H,30,31)(H,32,33). The summed E-state index contributed by atoms with van der Waals surface area (Å²) in [7, 11) is 0. The smallest absolute Gasteiger partial charge is 0.325 e. The highest BCUT2D eigenvalue weighted by Gasteiger charge is 2.74. The Morgan fingerprint density at radius 1 is 0.676 bits per heavy atom. The predicted octanol–water partition coefficient (Wildman–Crippen LogP) is 6.68. The number of carbonyl (C=O) groups is 4. The molecule has 0 aromatic rings. The minimum Gasteiger partial charge on any atom is -0.480 e. The van der Waals surface area contributed by atoms with E-state index in [1.807, 2.05) is 0 Å². The largest absolute Gasteiger partial charge is 0.480 e. The van der Waals surface area contributed by atoms with Gasteiger partial charge in [0.05, 0.1) is 12.7 Å². The van der Waals surface area contributed by atoms with Gasteiger partial charge in [-0.1, -0.05) is 90.9 Å². The number of hydrogen-bond acceptors (Lipinski definition) is 6. The van der Waals surface area contributed by atoms with Gasteiger partial charge < -0.3 is 19.7 Å². The van der Waals surface area contributed by atoms with E-state index in [1.54, 1.807) is 6.92 Å². The lowest BCUT2D eigenvalue weighted by molar-refractivity contribution is -0.198. The number of hydrogen-bond donors (Lipinski definition) is 2. The Bertz CT molecular complexity index is 705. The number of carboxylic acids is 2. The maximum atomic E-state index is 13.4. The Kier molecular flexibility index (Phi) is 15.5. The molecule has 1 rings (SSSR count). The zero-order chi connectivity index (χ0) is 27.7. The molecule has 0 aromatic carbocycles. The molecule has 0 spiro atoms. The predicted molar refractivity (Wildman–Crippen MR) is 141 cm³/mol. The number of ether oxygens (including phenoxy) is 2. The normalized spacial score (nSPS) is 19.3. The van der Waals surface area contributed by atoms with Crippen molar-refractivity contribution in [3.05, 3.63) is 0 Å². The van der Waals surface area contributed by atoms with Crippen LogP contribution in [0.3, 0.4) is 0 Å². The van der Waals surface area contributed by atoms with Crippen molar-refractivity contribution >= 4 is 23.9 Å². The zero-order valence-corrected chi connectivity index (χ0v) is 23.4. The summed E-state index contributed by atoms with van der Waals surface area (Å²) in [5.41, 5.74) is -4.98. The maximum absolute atomic E-state index is 13.4. The van der Waals surface area contributed by atoms with Gasteiger partial charge in [0.2, 0.25) is 0 Å². The van der Waals surface area contributed by atoms with Gasteiger partial charge in [0.1, 0.15) is 0 Å². The second-order valence-electron chi connectivity index (χ2n) is 10.7. The molecule has 0 saturated heterocycles. The number of aliphatic carboxylic acids is 2. The first-order valence-electron chi connectivity index (χ1n) is 14.6. The number of rotatable bonds is 21. The van der Waals surface area contributed by atoms with E-state index in [4.69, 9.17) is 9.47 Å². The van der Waals surface area contributed by atoms with Crippen molar-refractivity contribution in [1.82, 2.24) is 0 Å². The molecule has 0 aliphatic heterocycles. The van der Waals surface area contributed by atoms with Crippen LogP contribution >= 0.6 is 0 Å². The monoisotopic (exact) mass is 526 g/mol. The Morgan fingerprint density at radius 2 is 1.14 bits per heavy atom. The Labute approximate surface area is 222 Å². The Balaban J connectivity index is 2.77. The summed E-state index contributed by atoms with van der Waals surface area (Å²) < 4.78 is 10.9. The fourth-order valence-electron chi connectivity index (χ4n) is 5.43. The van der Waals surface area contributed by atoms with Gasteiger partial charge in [0.15, 0.2) is 10.8 Å². The summed E-state index contributed by atoms with van der Waals surface area (Å²) in [5.74, 6) is -5.60. The SMILES string of the molecule is CCCCCCCCCCCCOC(=O)C1(C(=O)OC(C)CCCCCC)CCCC1(C(=O)O)C(=O)O. The Morgan fingerprint density at radius 3 is 1.65 bits per heavy atom. The van der Waals surface area contributed by atoms with E-state index >= 15 is 0 Å². The first-order chi connectivity index (χ1) is 17.7. The van der Waals surface area contributed by atoms with Crippen LogP contribution in [0.2, 0.25) is 0 Å². The van der Waals surface area contributed by atoms with Crippen LogP contribution in [0.4, 0.5) is 0 Å². The van der Waals surface area contributed by atoms with Crippen LogP contribution in [0.5, 0.6) is 0 Å². The van der Waals surface area contributed by atoms with E-state index in [2.05, 4.69) is 13.8 Å². The van der Waals surface area contributed by atoms with Crippen molar-refractivity contribution < 1.29 is 38.9 Å². The quantitative estimate of drug-likeness (QED) is 0.0963. The van der Waals surface area contributed by atoms with Crippen LogP contribution in [0, 0.1) is 10.8 Å². The lowest BCUT2D eigenvalue weighted by atomic mass is 9.65. The molecular formula is C29H50O8. The van der Waals surface area contributed by atoms with Crippen molar-refractivity contribution in [3.8, 4) is 0 Å². The zero-order valence-electron chi connectivity index (χ0n) is 23.4. The Hall–Kier alpha value is -2.12. The van der Waals surface area contributed by atoms with Gasteiger partial charge in [-0.2, -0.15) is 0 Å². The highest BCUT2D eigenvalue weighted by molar-refractivity contribution is 6.14. The van der Waals surface area contributed by atoms with Crippen molar-refractivity contribution in [3.63, 3.8) is 0 Å². The van der Waals surface area contributed by atoms with E-state index in [1.165, 1.54) is 38.5 Å². The van der Waals surface area contributed by atoms with Gasteiger partial charge in [0.25, 0.3) is 0 Å². The molecule has 2 N–H and O–H groups in total. The van der Waals surface area contributed by atoms with Crippen LogP contribution in [0.15, 0.2) is 0 Å². The molecular weight excluding hydrogens is 476 g/mol. The fourth-order valence-corrected chi connectivity index (χ4v) is 5.43. The summed E-state index contributed by atoms with van der Waals surface area (Å²) in [6.07, 6.45) is 14.4. The molecule has 8 heteroatoms. The third-order valence-corrected chi connectivity index (χ3v) is 7.76. The third kappa shape index (κ3) is 8.99. The van der Waals surface area contributed by atoms with Gasteiger partial charge in [0, 0.05) is 0 Å². The van der Waals surface area contributed by atoms with Crippen LogP contribution in [-0.4, -0.2) is 46.8 Å². The summed E-state index contributed by atoms with van der Waals surface area (Å²) in [6, 6.07) is 0. The molecule has 1 fully saturated rings. The topological polar surface area (TPSA) is 127 Å². The van der Waals surface area contributed by atoms with E-state index < -0.39 is 40.8 Å². The highest BCUT2D eigenvalue weighted by Crippen LogP contribution is 2.55. The summed E-state index contributed by atoms with van der Waals surface area (Å²) in [4.78, 5) is 51.3. The van der Waals surface area contributed by atoms with E-state index in [0.717, 1.165) is 44.9 Å². The summed E-state index contributed by atoms with van der Waals surface area (Å²) in [5, 5.41) is 19.9. The molecule has 37 heavy (non-hydrogen) atoms. The first-order valence-corrected chi connectivity index (χ1v) is 14.6. The molecule has 0 bridgehead atoms. The molecule has 0 radical (unpaired) electrons. The number of unbranched alkanes of at least 4 members (excludes halogenated alkanes) is 12. The lowest BCUT2D eigenvalue weighted by Crippen LogP contribution is -2.59. The molecule has 1 saturated carbocycles. The second kappa shape index (κ2) is 17.4. The summed E-state index contributed by atoms with van der Waals surface area (Å²) >= 11 is 0. The van der Waals surface area contributed by atoms with E-state index in [0.29, 0.717) is 12.8 Å². The van der Waals surface area contributed by atoms with Crippen molar-refractivity contribution in [2.45, 2.75) is 142 Å². The molecule has 8 nitrogen and oxygen atoms in total. The first kappa shape index (κ1) is 32.9. The second-order valence-corrected chi connectivity index (χ2v) is 10.7. The number of carbonyl (C=O) groups excluding carboxylic acids is 2. The minimum absolute atomic E-state index is 0.0201. The van der Waals surface area contributed by atoms with Crippen LogP contribution in [0.25, 0.3) is 0 Å².